The first-order chi connectivity index (χ1) is 28.8. The number of hydrogen-bond acceptors (Lipinski definition) is 0. The first kappa shape index (κ1) is 32.7. The van der Waals surface area contributed by atoms with Crippen LogP contribution in [0.3, 0.4) is 0 Å². The summed E-state index contributed by atoms with van der Waals surface area (Å²) in [5, 5.41) is 17.6. The fourth-order valence-electron chi connectivity index (χ4n) is 9.82. The third kappa shape index (κ3) is 5.02. The van der Waals surface area contributed by atoms with E-state index in [-0.39, 0.29) is 0 Å². The molecule has 0 atom stereocenters. The summed E-state index contributed by atoms with van der Waals surface area (Å²) < 4.78 is 0. The monoisotopic (exact) mass is 732 g/mol. The van der Waals surface area contributed by atoms with E-state index in [2.05, 4.69) is 218 Å². The number of rotatable bonds is 4. The summed E-state index contributed by atoms with van der Waals surface area (Å²) in [5.74, 6) is 0. The molecule has 0 aliphatic carbocycles. The lowest BCUT2D eigenvalue weighted by Gasteiger charge is -2.20. The fraction of sp³-hybridized carbons (Fsp3) is 0. The molecule has 0 saturated heterocycles. The zero-order chi connectivity index (χ0) is 38.2. The van der Waals surface area contributed by atoms with Gasteiger partial charge in [0, 0.05) is 0 Å². The lowest BCUT2D eigenvalue weighted by atomic mass is 9.83. The summed E-state index contributed by atoms with van der Waals surface area (Å²) in [7, 11) is 0. The molecule has 12 rings (SSSR count). The van der Waals surface area contributed by atoms with E-state index < -0.39 is 0 Å². The van der Waals surface area contributed by atoms with Crippen LogP contribution in [0.5, 0.6) is 0 Å². The number of fused-ring (bicyclic) bond motifs is 7. The van der Waals surface area contributed by atoms with Crippen LogP contribution in [0.4, 0.5) is 0 Å². The van der Waals surface area contributed by atoms with Crippen molar-refractivity contribution in [3.63, 3.8) is 0 Å². The van der Waals surface area contributed by atoms with E-state index in [0.717, 1.165) is 0 Å². The topological polar surface area (TPSA) is 0 Å². The lowest BCUT2D eigenvalue weighted by molar-refractivity contribution is 1.67. The fourth-order valence-corrected chi connectivity index (χ4v) is 9.82. The van der Waals surface area contributed by atoms with Gasteiger partial charge in [0.1, 0.15) is 0 Å². The van der Waals surface area contributed by atoms with Gasteiger partial charge in [0.15, 0.2) is 0 Å². The molecule has 58 heavy (non-hydrogen) atoms. The third-order valence-electron chi connectivity index (χ3n) is 12.4. The summed E-state index contributed by atoms with van der Waals surface area (Å²) in [6, 6.07) is 81.0. The van der Waals surface area contributed by atoms with Crippen molar-refractivity contribution in [2.75, 3.05) is 0 Å². The van der Waals surface area contributed by atoms with Gasteiger partial charge in [-0.15, -0.1) is 0 Å². The van der Waals surface area contributed by atoms with Crippen LogP contribution >= 0.6 is 0 Å². The first-order valence-corrected chi connectivity index (χ1v) is 20.2. The Bertz CT molecular complexity index is 3510. The maximum atomic E-state index is 2.45. The highest BCUT2D eigenvalue weighted by atomic mass is 14.2. The van der Waals surface area contributed by atoms with Crippen molar-refractivity contribution in [3.8, 4) is 44.5 Å². The van der Waals surface area contributed by atoms with E-state index in [1.165, 1.54) is 120 Å². The zero-order valence-electron chi connectivity index (χ0n) is 31.8. The minimum absolute atomic E-state index is 1.22. The van der Waals surface area contributed by atoms with Crippen LogP contribution in [0.2, 0.25) is 0 Å². The maximum Gasteiger partial charge on any atom is -0.00201 e. The molecule has 0 heterocycles. The summed E-state index contributed by atoms with van der Waals surface area (Å²) >= 11 is 0. The minimum atomic E-state index is 1.22. The van der Waals surface area contributed by atoms with E-state index in [0.29, 0.717) is 0 Å². The van der Waals surface area contributed by atoms with Crippen molar-refractivity contribution in [1.82, 2.24) is 0 Å². The first-order valence-electron chi connectivity index (χ1n) is 20.2. The molecule has 0 amide bonds. The Labute approximate surface area is 336 Å². The molecule has 0 nitrogen and oxygen atoms in total. The second-order valence-corrected chi connectivity index (χ2v) is 15.5. The Kier molecular flexibility index (Phi) is 7.33. The predicted molar refractivity (Wildman–Crippen MR) is 251 cm³/mol. The smallest absolute Gasteiger partial charge is 0.00201 e. The van der Waals surface area contributed by atoms with Gasteiger partial charge in [0.25, 0.3) is 0 Å². The Morgan fingerprint density at radius 2 is 0.483 bits per heavy atom. The van der Waals surface area contributed by atoms with Crippen molar-refractivity contribution in [3.05, 3.63) is 218 Å². The average molecular weight is 733 g/mol. The van der Waals surface area contributed by atoms with Crippen molar-refractivity contribution < 1.29 is 0 Å². The average Bonchev–Trinajstić information content (AvgIpc) is 3.29. The SMILES string of the molecule is c1ccc2cc(-c3c4ccccc4c(-c4ccc5cccc(-c6c7ccccc7c(-c7ccc8ccccc8c7)c7ccccc67)c5c4)c4ccccc34)ccc2c1. The van der Waals surface area contributed by atoms with Gasteiger partial charge in [0.2, 0.25) is 0 Å². The molecule has 0 aromatic heterocycles. The quantitative estimate of drug-likeness (QED) is 0.158. The molecule has 0 radical (unpaired) electrons. The van der Waals surface area contributed by atoms with Crippen LogP contribution in [-0.2, 0) is 0 Å². The van der Waals surface area contributed by atoms with Crippen molar-refractivity contribution in [2.45, 2.75) is 0 Å². The molecule has 0 heteroatoms. The highest BCUT2D eigenvalue weighted by Gasteiger charge is 2.20. The second-order valence-electron chi connectivity index (χ2n) is 15.5. The van der Waals surface area contributed by atoms with E-state index in [1.807, 2.05) is 0 Å². The normalized spacial score (nSPS) is 11.8. The maximum absolute atomic E-state index is 2.45. The molecular weight excluding hydrogens is 697 g/mol. The summed E-state index contributed by atoms with van der Waals surface area (Å²) in [5.41, 5.74) is 10.1. The molecule has 0 aliphatic heterocycles. The van der Waals surface area contributed by atoms with Crippen LogP contribution in [-0.4, -0.2) is 0 Å². The largest absolute Gasteiger partial charge is 0.0616 e. The molecule has 0 saturated carbocycles. The molecule has 0 bridgehead atoms. The molecule has 0 fully saturated rings. The number of hydrogen-bond donors (Lipinski definition) is 0. The van der Waals surface area contributed by atoms with Gasteiger partial charge in [-0.2, -0.15) is 0 Å². The molecule has 12 aromatic rings. The van der Waals surface area contributed by atoms with E-state index in [1.54, 1.807) is 0 Å². The second kappa shape index (κ2) is 13.0. The van der Waals surface area contributed by atoms with E-state index in [9.17, 15) is 0 Å². The molecule has 0 unspecified atom stereocenters. The third-order valence-corrected chi connectivity index (χ3v) is 12.4. The van der Waals surface area contributed by atoms with Gasteiger partial charge in [-0.1, -0.05) is 200 Å². The van der Waals surface area contributed by atoms with Gasteiger partial charge in [-0.3, -0.25) is 0 Å². The van der Waals surface area contributed by atoms with Gasteiger partial charge >= 0.3 is 0 Å². The standard InChI is InChI=1S/C58H36/c1-3-16-40-34-42(31-28-37(40)14-1)55-45-19-5-7-21-47(45)57(48-22-8-6-20-46(48)55)44-33-30-39-18-13-27-53(54(39)36-44)58-51-25-11-9-23-49(51)56(50-24-10-12-26-52(50)58)43-32-29-38-15-2-4-17-41(38)35-43/h1-36H. The Morgan fingerprint density at radius 3 is 0.897 bits per heavy atom. The lowest BCUT2D eigenvalue weighted by Crippen LogP contribution is -1.93. The Hall–Kier alpha value is -7.54. The van der Waals surface area contributed by atoms with Crippen LogP contribution in [0.15, 0.2) is 218 Å². The van der Waals surface area contributed by atoms with Crippen molar-refractivity contribution >= 4 is 75.4 Å². The molecular formula is C58H36. The highest BCUT2D eigenvalue weighted by Crippen LogP contribution is 2.48. The van der Waals surface area contributed by atoms with Crippen LogP contribution in [0.25, 0.3) is 120 Å². The summed E-state index contributed by atoms with van der Waals surface area (Å²) in [4.78, 5) is 0. The summed E-state index contributed by atoms with van der Waals surface area (Å²) in [6.07, 6.45) is 0. The van der Waals surface area contributed by atoms with Crippen molar-refractivity contribution in [2.24, 2.45) is 0 Å². The predicted octanol–water partition coefficient (Wildman–Crippen LogP) is 16.4. The molecule has 0 spiro atoms. The van der Waals surface area contributed by atoms with E-state index >= 15 is 0 Å². The van der Waals surface area contributed by atoms with Crippen LogP contribution < -0.4 is 0 Å². The van der Waals surface area contributed by atoms with Crippen LogP contribution in [0.1, 0.15) is 0 Å². The molecule has 12 aromatic carbocycles. The summed E-state index contributed by atoms with van der Waals surface area (Å²) in [6.45, 7) is 0. The Morgan fingerprint density at radius 1 is 0.172 bits per heavy atom. The van der Waals surface area contributed by atoms with E-state index in [4.69, 9.17) is 0 Å². The highest BCUT2D eigenvalue weighted by molar-refractivity contribution is 6.25. The molecule has 0 N–H and O–H groups in total. The number of benzene rings is 12. The zero-order valence-corrected chi connectivity index (χ0v) is 31.8. The van der Waals surface area contributed by atoms with Crippen molar-refractivity contribution in [1.29, 1.82) is 0 Å². The molecule has 268 valence electrons. The molecule has 0 aliphatic rings. The van der Waals surface area contributed by atoms with Gasteiger partial charge in [-0.05, 0) is 138 Å². The van der Waals surface area contributed by atoms with Gasteiger partial charge in [0.05, 0.1) is 0 Å². The van der Waals surface area contributed by atoms with Crippen LogP contribution in [0, 0.1) is 0 Å². The van der Waals surface area contributed by atoms with Gasteiger partial charge in [-0.25, -0.2) is 0 Å². The Balaban J connectivity index is 1.13. The van der Waals surface area contributed by atoms with Gasteiger partial charge < -0.3 is 0 Å². The minimum Gasteiger partial charge on any atom is -0.0616 e.